The number of quaternary nitrogens is 1. The predicted octanol–water partition coefficient (Wildman–Crippen LogP) is 8.57. The third-order valence-electron chi connectivity index (χ3n) is 7.85. The van der Waals surface area contributed by atoms with Crippen LogP contribution in [-0.2, 0) is 28.6 Å². The number of unbranched alkanes of at least 4 members (excludes halogenated alkanes) is 13. The van der Waals surface area contributed by atoms with Crippen molar-refractivity contribution in [2.75, 3.05) is 41.0 Å². The second kappa shape index (κ2) is 29.2. The van der Waals surface area contributed by atoms with E-state index in [0.717, 1.165) is 64.2 Å². The number of aliphatic carboxylic acids is 1. The number of allylic oxidation sites excluding steroid dienone is 4. The Hall–Kier alpha value is -2.19. The number of ether oxygens (including phenoxy) is 3. The third kappa shape index (κ3) is 27.8. The number of rotatable bonds is 31. The van der Waals surface area contributed by atoms with E-state index in [4.69, 9.17) is 14.2 Å². The van der Waals surface area contributed by atoms with Crippen LogP contribution in [0.5, 0.6) is 0 Å². The Balaban J connectivity index is 4.41. The van der Waals surface area contributed by atoms with Crippen LogP contribution in [0.25, 0.3) is 0 Å². The number of carboxylic acid groups (broad SMARTS) is 1. The van der Waals surface area contributed by atoms with Gasteiger partial charge in [-0.2, -0.15) is 0 Å². The molecule has 0 amide bonds. The standard InChI is InChI=1S/C37H67NO7/c1-6-8-10-12-14-15-16-17-18-19-20-21-22-24-26-28-36(40)45-33(31-43-30-29-34(37(41)42)38(3,4)5)32-44-35(39)27-25-23-13-11-9-7-2/h14-15,17-18,33-34H,6-13,16,19-32H2,1-5H3/p+1/b15-14-,18-17-. The lowest BCUT2D eigenvalue weighted by Crippen LogP contribution is -2.50. The lowest BCUT2D eigenvalue weighted by atomic mass is 10.1. The Bertz CT molecular complexity index is 803. The largest absolute Gasteiger partial charge is 0.477 e. The average Bonchev–Trinajstić information content (AvgIpc) is 2.98. The van der Waals surface area contributed by atoms with E-state index >= 15 is 0 Å². The van der Waals surface area contributed by atoms with Gasteiger partial charge in [-0.1, -0.05) is 102 Å². The number of hydrogen-bond acceptors (Lipinski definition) is 6. The lowest BCUT2D eigenvalue weighted by molar-refractivity contribution is -0.887. The molecule has 0 heterocycles. The summed E-state index contributed by atoms with van der Waals surface area (Å²) in [7, 11) is 5.50. The van der Waals surface area contributed by atoms with Gasteiger partial charge in [0.15, 0.2) is 12.1 Å². The Morgan fingerprint density at radius 2 is 1.18 bits per heavy atom. The van der Waals surface area contributed by atoms with Crippen LogP contribution in [0, 0.1) is 0 Å². The minimum atomic E-state index is -0.880. The molecule has 0 aromatic rings. The van der Waals surface area contributed by atoms with Crippen molar-refractivity contribution in [2.45, 2.75) is 154 Å². The fraction of sp³-hybridized carbons (Fsp3) is 0.811. The normalized spacial score (nSPS) is 13.4. The van der Waals surface area contributed by atoms with Crippen LogP contribution < -0.4 is 0 Å². The predicted molar refractivity (Wildman–Crippen MR) is 183 cm³/mol. The summed E-state index contributed by atoms with van der Waals surface area (Å²) in [5.41, 5.74) is 0. The molecule has 8 heteroatoms. The maximum Gasteiger partial charge on any atom is 0.362 e. The number of likely N-dealkylation sites (N-methyl/N-ethyl adjacent to an activating group) is 1. The summed E-state index contributed by atoms with van der Waals surface area (Å²) in [6.07, 6.45) is 28.1. The summed E-state index contributed by atoms with van der Waals surface area (Å²) in [6, 6.07) is -0.612. The van der Waals surface area contributed by atoms with Crippen LogP contribution in [0.2, 0.25) is 0 Å². The van der Waals surface area contributed by atoms with E-state index in [9.17, 15) is 19.5 Å². The fourth-order valence-corrected chi connectivity index (χ4v) is 5.00. The molecule has 0 spiro atoms. The van der Waals surface area contributed by atoms with Crippen molar-refractivity contribution in [1.82, 2.24) is 0 Å². The molecule has 262 valence electrons. The topological polar surface area (TPSA) is 99.1 Å². The lowest BCUT2D eigenvalue weighted by Gasteiger charge is -2.31. The Morgan fingerprint density at radius 1 is 0.667 bits per heavy atom. The van der Waals surface area contributed by atoms with Gasteiger partial charge in [-0.3, -0.25) is 9.59 Å². The second-order valence-corrected chi connectivity index (χ2v) is 13.1. The molecule has 0 aliphatic carbocycles. The first kappa shape index (κ1) is 42.8. The van der Waals surface area contributed by atoms with E-state index in [1.54, 1.807) is 0 Å². The van der Waals surface area contributed by atoms with Crippen molar-refractivity contribution < 1.29 is 38.2 Å². The highest BCUT2D eigenvalue weighted by Gasteiger charge is 2.31. The Kier molecular flexibility index (Phi) is 27.8. The molecule has 8 nitrogen and oxygen atoms in total. The molecular formula is C37H68NO7+. The van der Waals surface area contributed by atoms with E-state index in [0.29, 0.717) is 19.3 Å². The minimum absolute atomic E-state index is 0.0553. The zero-order valence-corrected chi connectivity index (χ0v) is 29.6. The monoisotopic (exact) mass is 638 g/mol. The van der Waals surface area contributed by atoms with Gasteiger partial charge in [0, 0.05) is 19.3 Å². The molecule has 0 radical (unpaired) electrons. The summed E-state index contributed by atoms with van der Waals surface area (Å²) in [6.45, 7) is 4.61. The van der Waals surface area contributed by atoms with Gasteiger partial charge >= 0.3 is 17.9 Å². The summed E-state index contributed by atoms with van der Waals surface area (Å²) in [4.78, 5) is 36.5. The second-order valence-electron chi connectivity index (χ2n) is 13.1. The van der Waals surface area contributed by atoms with E-state index in [2.05, 4.69) is 38.2 Å². The zero-order chi connectivity index (χ0) is 33.6. The molecule has 45 heavy (non-hydrogen) atoms. The molecule has 0 aliphatic rings. The smallest absolute Gasteiger partial charge is 0.362 e. The molecule has 2 atom stereocenters. The van der Waals surface area contributed by atoms with Crippen LogP contribution in [0.3, 0.4) is 0 Å². The summed E-state index contributed by atoms with van der Waals surface area (Å²) >= 11 is 0. The van der Waals surface area contributed by atoms with Crippen molar-refractivity contribution in [3.63, 3.8) is 0 Å². The molecule has 0 saturated heterocycles. The maximum absolute atomic E-state index is 12.6. The highest BCUT2D eigenvalue weighted by Crippen LogP contribution is 2.12. The van der Waals surface area contributed by atoms with E-state index in [1.807, 2.05) is 21.1 Å². The minimum Gasteiger partial charge on any atom is -0.477 e. The average molecular weight is 639 g/mol. The molecule has 0 aliphatic heterocycles. The van der Waals surface area contributed by atoms with Gasteiger partial charge in [0.05, 0.1) is 34.4 Å². The van der Waals surface area contributed by atoms with Gasteiger partial charge in [0.2, 0.25) is 0 Å². The van der Waals surface area contributed by atoms with Gasteiger partial charge in [0.25, 0.3) is 0 Å². The molecule has 0 aromatic heterocycles. The third-order valence-corrected chi connectivity index (χ3v) is 7.85. The van der Waals surface area contributed by atoms with Crippen molar-refractivity contribution in [1.29, 1.82) is 0 Å². The number of carbonyl (C=O) groups is 3. The van der Waals surface area contributed by atoms with Crippen LogP contribution in [0.15, 0.2) is 24.3 Å². The number of nitrogens with zero attached hydrogens (tertiary/aromatic N) is 1. The highest BCUT2D eigenvalue weighted by atomic mass is 16.6. The molecule has 0 fully saturated rings. The Labute approximate surface area is 275 Å². The van der Waals surface area contributed by atoms with Gasteiger partial charge in [-0.25, -0.2) is 4.79 Å². The van der Waals surface area contributed by atoms with Gasteiger partial charge in [0.1, 0.15) is 6.61 Å². The summed E-state index contributed by atoms with van der Waals surface area (Å²) < 4.78 is 17.1. The molecule has 2 unspecified atom stereocenters. The molecule has 0 aromatic carbocycles. The Morgan fingerprint density at radius 3 is 1.76 bits per heavy atom. The van der Waals surface area contributed by atoms with Crippen LogP contribution in [-0.4, -0.2) is 80.6 Å². The van der Waals surface area contributed by atoms with Crippen molar-refractivity contribution >= 4 is 17.9 Å². The quantitative estimate of drug-likeness (QED) is 0.0351. The SMILES string of the molecule is CCCCC/C=C\C/C=C\CCCCCCCC(=O)OC(COCCC(C(=O)O)[N+](C)(C)C)COC(=O)CCCCCCCC. The highest BCUT2D eigenvalue weighted by molar-refractivity contribution is 5.72. The van der Waals surface area contributed by atoms with E-state index in [1.165, 1.54) is 44.9 Å². The molecule has 0 saturated carbocycles. The van der Waals surface area contributed by atoms with Gasteiger partial charge < -0.3 is 23.8 Å². The van der Waals surface area contributed by atoms with E-state index < -0.39 is 18.1 Å². The molecule has 0 rings (SSSR count). The number of carbonyl (C=O) groups excluding carboxylic acids is 2. The maximum atomic E-state index is 12.6. The van der Waals surface area contributed by atoms with Crippen molar-refractivity contribution in [2.24, 2.45) is 0 Å². The number of hydrogen-bond donors (Lipinski definition) is 1. The zero-order valence-electron chi connectivity index (χ0n) is 29.6. The van der Waals surface area contributed by atoms with Crippen molar-refractivity contribution in [3.8, 4) is 0 Å². The fourth-order valence-electron chi connectivity index (χ4n) is 5.00. The van der Waals surface area contributed by atoms with E-state index in [-0.39, 0.29) is 36.2 Å². The first-order chi connectivity index (χ1) is 21.6. The van der Waals surface area contributed by atoms with Crippen LogP contribution >= 0.6 is 0 Å². The number of esters is 2. The van der Waals surface area contributed by atoms with Crippen molar-refractivity contribution in [3.05, 3.63) is 24.3 Å². The summed E-state index contributed by atoms with van der Waals surface area (Å²) in [5.74, 6) is -1.50. The first-order valence-corrected chi connectivity index (χ1v) is 17.9. The molecule has 1 N–H and O–H groups in total. The first-order valence-electron chi connectivity index (χ1n) is 17.9. The van der Waals surface area contributed by atoms with Gasteiger partial charge in [-0.15, -0.1) is 0 Å². The molecular weight excluding hydrogens is 570 g/mol. The summed E-state index contributed by atoms with van der Waals surface area (Å²) in [5, 5.41) is 9.54. The molecule has 0 bridgehead atoms. The number of carboxylic acids is 1. The van der Waals surface area contributed by atoms with Gasteiger partial charge in [-0.05, 0) is 44.9 Å². The van der Waals surface area contributed by atoms with Crippen LogP contribution in [0.4, 0.5) is 0 Å². The van der Waals surface area contributed by atoms with Crippen LogP contribution in [0.1, 0.15) is 142 Å².